The van der Waals surface area contributed by atoms with Gasteiger partial charge in [0.25, 0.3) is 0 Å². The van der Waals surface area contributed by atoms with Crippen LogP contribution in [0.4, 0.5) is 0 Å². The van der Waals surface area contributed by atoms with E-state index in [0.717, 1.165) is 18.4 Å². The predicted molar refractivity (Wildman–Crippen MR) is 80.7 cm³/mol. The lowest BCUT2D eigenvalue weighted by Gasteiger charge is -2.20. The minimum absolute atomic E-state index is 0.0443. The Hall–Kier alpha value is -1.02. The Morgan fingerprint density at radius 2 is 1.63 bits per heavy atom. The molecule has 3 heteroatoms. The molecule has 1 aliphatic rings. The maximum absolute atomic E-state index is 6.40. The van der Waals surface area contributed by atoms with Crippen molar-refractivity contribution in [3.05, 3.63) is 69.2 Å². The van der Waals surface area contributed by atoms with E-state index in [2.05, 4.69) is 24.3 Å². The minimum atomic E-state index is -0.0443. The number of benzene rings is 2. The third-order valence-corrected chi connectivity index (χ3v) is 4.47. The molecule has 0 radical (unpaired) electrons. The molecule has 0 saturated heterocycles. The van der Waals surface area contributed by atoms with Gasteiger partial charge in [-0.2, -0.15) is 0 Å². The van der Waals surface area contributed by atoms with Crippen molar-refractivity contribution in [1.29, 1.82) is 0 Å². The van der Waals surface area contributed by atoms with E-state index in [1.54, 1.807) is 6.07 Å². The van der Waals surface area contributed by atoms with Crippen molar-refractivity contribution in [3.8, 4) is 0 Å². The summed E-state index contributed by atoms with van der Waals surface area (Å²) >= 11 is 12.2. The molecule has 0 heterocycles. The van der Waals surface area contributed by atoms with Gasteiger partial charge in [-0.1, -0.05) is 53.5 Å². The Morgan fingerprint density at radius 1 is 1.00 bits per heavy atom. The van der Waals surface area contributed by atoms with Crippen molar-refractivity contribution in [2.75, 3.05) is 0 Å². The van der Waals surface area contributed by atoms with Gasteiger partial charge in [0.2, 0.25) is 0 Å². The first-order chi connectivity index (χ1) is 9.15. The van der Waals surface area contributed by atoms with Crippen molar-refractivity contribution in [2.45, 2.75) is 18.9 Å². The van der Waals surface area contributed by atoms with Crippen molar-refractivity contribution in [3.63, 3.8) is 0 Å². The van der Waals surface area contributed by atoms with Gasteiger partial charge in [0.1, 0.15) is 0 Å². The average molecular weight is 292 g/mol. The molecule has 0 aromatic heterocycles. The summed E-state index contributed by atoms with van der Waals surface area (Å²) in [6.45, 7) is 0. The lowest BCUT2D eigenvalue weighted by Crippen LogP contribution is -2.22. The summed E-state index contributed by atoms with van der Waals surface area (Å²) in [4.78, 5) is 0. The third-order valence-electron chi connectivity index (χ3n) is 3.91. The predicted octanol–water partition coefficient (Wildman–Crippen LogP) is 4.41. The van der Waals surface area contributed by atoms with E-state index in [1.807, 2.05) is 12.1 Å². The lowest BCUT2D eigenvalue weighted by atomic mass is 9.91. The molecule has 0 spiro atoms. The molecule has 0 fully saturated rings. The van der Waals surface area contributed by atoms with E-state index in [-0.39, 0.29) is 6.04 Å². The molecule has 2 N–H and O–H groups in total. The summed E-state index contributed by atoms with van der Waals surface area (Å²) < 4.78 is 0. The second kappa shape index (κ2) is 5.16. The van der Waals surface area contributed by atoms with Gasteiger partial charge in [-0.05, 0) is 47.6 Å². The minimum Gasteiger partial charge on any atom is -0.324 e. The van der Waals surface area contributed by atoms with Gasteiger partial charge >= 0.3 is 0 Å². The van der Waals surface area contributed by atoms with Gasteiger partial charge in [-0.3, -0.25) is 0 Å². The largest absolute Gasteiger partial charge is 0.324 e. The molecule has 1 nitrogen and oxygen atoms in total. The first kappa shape index (κ1) is 13.0. The Balaban J connectivity index is 1.85. The average Bonchev–Trinajstić information content (AvgIpc) is 2.81. The molecule has 2 aromatic rings. The van der Waals surface area contributed by atoms with E-state index >= 15 is 0 Å². The monoisotopic (exact) mass is 291 g/mol. The number of nitrogens with two attached hydrogens (primary N) is 1. The second-order valence-corrected chi connectivity index (χ2v) is 5.97. The van der Waals surface area contributed by atoms with Crippen LogP contribution in [0.1, 0.15) is 22.7 Å². The molecule has 1 atom stereocenters. The van der Waals surface area contributed by atoms with Gasteiger partial charge in [0, 0.05) is 16.1 Å². The van der Waals surface area contributed by atoms with Crippen LogP contribution in [-0.4, -0.2) is 0 Å². The van der Waals surface area contributed by atoms with Gasteiger partial charge in [-0.15, -0.1) is 0 Å². The number of halogens is 2. The molecule has 1 unspecified atom stereocenters. The van der Waals surface area contributed by atoms with Crippen LogP contribution >= 0.6 is 23.2 Å². The zero-order valence-corrected chi connectivity index (χ0v) is 12.0. The molecule has 0 saturated carbocycles. The van der Waals surface area contributed by atoms with Crippen molar-refractivity contribution in [1.82, 2.24) is 0 Å². The van der Waals surface area contributed by atoms with Crippen LogP contribution in [-0.2, 0) is 12.8 Å². The van der Waals surface area contributed by atoms with E-state index < -0.39 is 0 Å². The fourth-order valence-electron chi connectivity index (χ4n) is 2.87. The number of fused-ring (bicyclic) bond motifs is 1. The number of rotatable bonds is 2. The normalized spacial score (nSPS) is 16.4. The van der Waals surface area contributed by atoms with Gasteiger partial charge < -0.3 is 5.73 Å². The third kappa shape index (κ3) is 2.51. The van der Waals surface area contributed by atoms with Gasteiger partial charge in [-0.25, -0.2) is 0 Å². The second-order valence-electron chi connectivity index (χ2n) is 5.13. The van der Waals surface area contributed by atoms with Crippen molar-refractivity contribution < 1.29 is 0 Å². The molecule has 19 heavy (non-hydrogen) atoms. The molecule has 98 valence electrons. The maximum atomic E-state index is 6.40. The first-order valence-corrected chi connectivity index (χ1v) is 7.18. The Kier molecular flexibility index (Phi) is 3.53. The van der Waals surface area contributed by atoms with Crippen molar-refractivity contribution in [2.24, 2.45) is 11.7 Å². The molecule has 3 rings (SSSR count). The van der Waals surface area contributed by atoms with E-state index in [9.17, 15) is 0 Å². The van der Waals surface area contributed by atoms with Crippen LogP contribution in [0.15, 0.2) is 42.5 Å². The van der Waals surface area contributed by atoms with Gasteiger partial charge in [0.05, 0.1) is 0 Å². The molecule has 2 aromatic carbocycles. The van der Waals surface area contributed by atoms with Crippen LogP contribution < -0.4 is 5.73 Å². The summed E-state index contributed by atoms with van der Waals surface area (Å²) in [6, 6.07) is 14.1. The molecule has 0 aliphatic heterocycles. The summed E-state index contributed by atoms with van der Waals surface area (Å²) in [5.41, 5.74) is 10.2. The lowest BCUT2D eigenvalue weighted by molar-refractivity contribution is 0.454. The van der Waals surface area contributed by atoms with Crippen LogP contribution in [0.25, 0.3) is 0 Å². The highest BCUT2D eigenvalue weighted by molar-refractivity contribution is 6.35. The molecule has 1 aliphatic carbocycles. The SMILES string of the molecule is NC(c1ccc(Cl)cc1Cl)C1Cc2ccccc2C1. The molecular formula is C16H15Cl2N. The van der Waals surface area contributed by atoms with E-state index in [4.69, 9.17) is 28.9 Å². The standard InChI is InChI=1S/C16H15Cl2N/c17-13-5-6-14(15(18)9-13)16(19)12-7-10-3-1-2-4-11(10)8-12/h1-6,9,12,16H,7-8,19H2. The molecule has 0 amide bonds. The van der Waals surface area contributed by atoms with E-state index in [0.29, 0.717) is 16.0 Å². The Morgan fingerprint density at radius 3 is 2.21 bits per heavy atom. The smallest absolute Gasteiger partial charge is 0.0468 e. The number of hydrogen-bond donors (Lipinski definition) is 1. The summed E-state index contributed by atoms with van der Waals surface area (Å²) in [5.74, 6) is 0.413. The highest BCUT2D eigenvalue weighted by Crippen LogP contribution is 2.36. The highest BCUT2D eigenvalue weighted by Gasteiger charge is 2.28. The molecule has 0 bridgehead atoms. The number of hydrogen-bond acceptors (Lipinski definition) is 1. The fourth-order valence-corrected chi connectivity index (χ4v) is 3.41. The molecular weight excluding hydrogens is 277 g/mol. The summed E-state index contributed by atoms with van der Waals surface area (Å²) in [6.07, 6.45) is 2.05. The topological polar surface area (TPSA) is 26.0 Å². The maximum Gasteiger partial charge on any atom is 0.0468 e. The van der Waals surface area contributed by atoms with E-state index in [1.165, 1.54) is 11.1 Å². The van der Waals surface area contributed by atoms with Crippen LogP contribution in [0.2, 0.25) is 10.0 Å². The van der Waals surface area contributed by atoms with Crippen molar-refractivity contribution >= 4 is 23.2 Å². The quantitative estimate of drug-likeness (QED) is 0.871. The zero-order chi connectivity index (χ0) is 13.4. The van der Waals surface area contributed by atoms with Crippen LogP contribution in [0.3, 0.4) is 0 Å². The summed E-state index contributed by atoms with van der Waals surface area (Å²) in [7, 11) is 0. The highest BCUT2D eigenvalue weighted by atomic mass is 35.5. The van der Waals surface area contributed by atoms with Crippen LogP contribution in [0, 0.1) is 5.92 Å². The van der Waals surface area contributed by atoms with Gasteiger partial charge in [0.15, 0.2) is 0 Å². The Bertz CT molecular complexity index is 584. The first-order valence-electron chi connectivity index (χ1n) is 6.42. The van der Waals surface area contributed by atoms with Crippen LogP contribution in [0.5, 0.6) is 0 Å². The summed E-state index contributed by atoms with van der Waals surface area (Å²) in [5, 5.41) is 1.31. The fraction of sp³-hybridized carbons (Fsp3) is 0.250. The Labute approximate surface area is 123 Å². The zero-order valence-electron chi connectivity index (χ0n) is 10.4.